The third-order valence-corrected chi connectivity index (χ3v) is 9.22. The van der Waals surface area contributed by atoms with Gasteiger partial charge in [0.15, 0.2) is 0 Å². The van der Waals surface area contributed by atoms with Gasteiger partial charge in [-0.05, 0) is 32.1 Å². The van der Waals surface area contributed by atoms with Gasteiger partial charge >= 0.3 is 6.03 Å². The second-order valence-electron chi connectivity index (χ2n) is 8.04. The fourth-order valence-electron chi connectivity index (χ4n) is 3.72. The highest BCUT2D eigenvalue weighted by Gasteiger charge is 2.42. The number of hydrogen-bond donors (Lipinski definition) is 5. The highest BCUT2D eigenvalue weighted by Crippen LogP contribution is 2.33. The number of nitrogens with two attached hydrogens (primary N) is 1. The van der Waals surface area contributed by atoms with Crippen molar-refractivity contribution in [1.29, 1.82) is 0 Å². The molecule has 0 aromatic carbocycles. The van der Waals surface area contributed by atoms with Crippen LogP contribution in [0, 0.1) is 0 Å². The maximum Gasteiger partial charge on any atom is 0.315 e. The number of hydrogen-bond acceptors (Lipinski definition) is 8. The summed E-state index contributed by atoms with van der Waals surface area (Å²) in [7, 11) is -1.49. The minimum absolute atomic E-state index is 0.0329. The lowest BCUT2D eigenvalue weighted by Gasteiger charge is -2.16. The van der Waals surface area contributed by atoms with E-state index in [-0.39, 0.29) is 42.2 Å². The molecule has 0 spiro atoms. The number of urea groups is 1. The van der Waals surface area contributed by atoms with Crippen molar-refractivity contribution in [1.82, 2.24) is 21.3 Å². The highest BCUT2D eigenvalue weighted by atomic mass is 32.8. The van der Waals surface area contributed by atoms with Crippen LogP contribution in [0.3, 0.4) is 0 Å². The third kappa shape index (κ3) is 9.38. The van der Waals surface area contributed by atoms with Crippen molar-refractivity contribution in [2.75, 3.05) is 31.7 Å². The Labute approximate surface area is 199 Å². The highest BCUT2D eigenvalue weighted by molar-refractivity contribution is 8.30. The molecule has 0 aromatic heterocycles. The van der Waals surface area contributed by atoms with E-state index in [4.69, 9.17) is 16.9 Å². The number of carbonyl (C=O) groups excluding carboxylic acids is 3. The Morgan fingerprint density at radius 2 is 2.03 bits per heavy atom. The second-order valence-corrected chi connectivity index (χ2v) is 12.7. The summed E-state index contributed by atoms with van der Waals surface area (Å²) in [4.78, 5) is 35.3. The molecule has 0 saturated carbocycles. The molecule has 5 atom stereocenters. The number of unbranched alkanes of at least 4 members (excludes halogenated alkanes) is 2. The molecular formula is C19H35N5O5S3. The van der Waals surface area contributed by atoms with Gasteiger partial charge in [0.05, 0.1) is 31.0 Å². The summed E-state index contributed by atoms with van der Waals surface area (Å²) in [5.41, 5.74) is 5.86. The number of carbonyl (C=O) groups is 3. The van der Waals surface area contributed by atoms with E-state index in [0.717, 1.165) is 31.4 Å². The third-order valence-electron chi connectivity index (χ3n) is 5.59. The minimum Gasteiger partial charge on any atom is -0.356 e. The maximum atomic E-state index is 12.0. The molecule has 184 valence electrons. The number of thioether (sulfide) groups is 1. The van der Waals surface area contributed by atoms with Crippen LogP contribution in [0.1, 0.15) is 44.9 Å². The Morgan fingerprint density at radius 1 is 1.25 bits per heavy atom. The lowest BCUT2D eigenvalue weighted by molar-refractivity contribution is -0.123. The summed E-state index contributed by atoms with van der Waals surface area (Å²) in [5, 5.41) is 11.9. The standard InChI is InChI=1S/C19H35N5O5S3/c1-29-32(28,30)11-10-22-18(26)13(20)6-4-5-9-21-16(25)8-3-2-7-15-17-14(12-31-15)23-19(27)24-17/h13-15,17H,2-12,20H2,1H3,(H,21,25)(H,22,26)(H2,23,24,27)/t13-,14+,15+,17+,32?/m1/s1. The van der Waals surface area contributed by atoms with E-state index in [1.807, 2.05) is 11.8 Å². The quantitative estimate of drug-likeness (QED) is 0.150. The normalized spacial score (nSPS) is 24.7. The molecule has 2 rings (SSSR count). The molecular weight excluding hydrogens is 474 g/mol. The fraction of sp³-hybridized carbons (Fsp3) is 0.842. The first-order chi connectivity index (χ1) is 15.2. The van der Waals surface area contributed by atoms with Gasteiger partial charge in [0, 0.05) is 41.7 Å². The fourth-order valence-corrected chi connectivity index (χ4v) is 6.04. The van der Waals surface area contributed by atoms with Crippen LogP contribution in [0.2, 0.25) is 0 Å². The van der Waals surface area contributed by atoms with Crippen LogP contribution in [0.5, 0.6) is 0 Å². The second kappa shape index (κ2) is 13.5. The van der Waals surface area contributed by atoms with Crippen molar-refractivity contribution >= 4 is 49.6 Å². The maximum absolute atomic E-state index is 12.0. The van der Waals surface area contributed by atoms with Gasteiger partial charge in [0.25, 0.3) is 0 Å². The van der Waals surface area contributed by atoms with Gasteiger partial charge in [-0.25, -0.2) is 9.00 Å². The zero-order chi connectivity index (χ0) is 23.6. The van der Waals surface area contributed by atoms with E-state index in [1.165, 1.54) is 7.11 Å². The van der Waals surface area contributed by atoms with Crippen molar-refractivity contribution in [2.24, 2.45) is 5.73 Å². The zero-order valence-corrected chi connectivity index (χ0v) is 20.9. The Morgan fingerprint density at radius 3 is 2.78 bits per heavy atom. The molecule has 2 saturated heterocycles. The number of rotatable bonds is 15. The molecule has 2 heterocycles. The first-order valence-electron chi connectivity index (χ1n) is 11.0. The lowest BCUT2D eigenvalue weighted by Crippen LogP contribution is -2.42. The molecule has 0 bridgehead atoms. The number of amides is 4. The van der Waals surface area contributed by atoms with Gasteiger partial charge in [-0.2, -0.15) is 11.8 Å². The van der Waals surface area contributed by atoms with Gasteiger partial charge in [0.1, 0.15) is 8.77 Å². The van der Waals surface area contributed by atoms with Crippen LogP contribution < -0.4 is 27.0 Å². The Balaban J connectivity index is 1.44. The molecule has 0 radical (unpaired) electrons. The molecule has 10 nitrogen and oxygen atoms in total. The van der Waals surface area contributed by atoms with E-state index in [1.54, 1.807) is 0 Å². The monoisotopic (exact) mass is 509 g/mol. The van der Waals surface area contributed by atoms with E-state index >= 15 is 0 Å². The van der Waals surface area contributed by atoms with E-state index in [0.29, 0.717) is 31.1 Å². The van der Waals surface area contributed by atoms with E-state index in [9.17, 15) is 18.6 Å². The van der Waals surface area contributed by atoms with E-state index in [2.05, 4.69) is 25.5 Å². The summed E-state index contributed by atoms with van der Waals surface area (Å²) < 4.78 is 16.2. The Kier molecular flexibility index (Phi) is 11.5. The average molecular weight is 510 g/mol. The summed E-state index contributed by atoms with van der Waals surface area (Å²) in [6.07, 6.45) is 5.23. The molecule has 1 unspecified atom stereocenters. The van der Waals surface area contributed by atoms with Crippen LogP contribution >= 0.6 is 11.8 Å². The summed E-state index contributed by atoms with van der Waals surface area (Å²) in [6, 6.07) is -0.275. The molecule has 0 aliphatic carbocycles. The summed E-state index contributed by atoms with van der Waals surface area (Å²) >= 11 is 6.62. The SMILES string of the molecule is COS(=O)(=S)CCNC(=O)[C@H](N)CCCCNC(=O)CCCC[C@@H]1SC[C@@H]2NC(=O)N[C@@H]21. The van der Waals surface area contributed by atoms with Crippen LogP contribution in [0.4, 0.5) is 4.79 Å². The van der Waals surface area contributed by atoms with Gasteiger partial charge in [0.2, 0.25) is 11.8 Å². The molecule has 6 N–H and O–H groups in total. The molecule has 4 amide bonds. The first kappa shape index (κ1) is 27.1. The number of nitrogens with one attached hydrogen (secondary N) is 4. The van der Waals surface area contributed by atoms with Crippen LogP contribution in [0.15, 0.2) is 0 Å². The van der Waals surface area contributed by atoms with Crippen molar-refractivity contribution in [3.8, 4) is 0 Å². The molecule has 13 heteroatoms. The topological polar surface area (TPSA) is 152 Å². The van der Waals surface area contributed by atoms with Crippen molar-refractivity contribution in [3.63, 3.8) is 0 Å². The predicted octanol–water partition coefficient (Wildman–Crippen LogP) is -0.250. The van der Waals surface area contributed by atoms with Gasteiger partial charge in [-0.3, -0.25) is 13.8 Å². The molecule has 32 heavy (non-hydrogen) atoms. The van der Waals surface area contributed by atoms with Gasteiger partial charge in [-0.15, -0.1) is 0 Å². The van der Waals surface area contributed by atoms with Gasteiger partial charge in [-0.1, -0.05) is 6.42 Å². The minimum atomic E-state index is -2.77. The van der Waals surface area contributed by atoms with Crippen molar-refractivity contribution in [2.45, 2.75) is 68.3 Å². The lowest BCUT2D eigenvalue weighted by atomic mass is 10.0. The number of fused-ring (bicyclic) bond motifs is 1. The predicted molar refractivity (Wildman–Crippen MR) is 129 cm³/mol. The zero-order valence-electron chi connectivity index (χ0n) is 18.4. The molecule has 2 aliphatic rings. The Bertz CT molecular complexity index is 752. The van der Waals surface area contributed by atoms with E-state index < -0.39 is 14.8 Å². The first-order valence-corrected chi connectivity index (χ1v) is 14.6. The smallest absolute Gasteiger partial charge is 0.315 e. The van der Waals surface area contributed by atoms with Crippen molar-refractivity contribution < 1.29 is 22.8 Å². The molecule has 2 fully saturated rings. The Hall–Kier alpha value is -1.15. The van der Waals surface area contributed by atoms with Crippen LogP contribution in [-0.2, 0) is 33.7 Å². The average Bonchev–Trinajstić information content (AvgIpc) is 3.29. The van der Waals surface area contributed by atoms with Gasteiger partial charge < -0.3 is 27.0 Å². The summed E-state index contributed by atoms with van der Waals surface area (Å²) in [6.45, 7) is 0.712. The van der Waals surface area contributed by atoms with Crippen LogP contribution in [0.25, 0.3) is 0 Å². The van der Waals surface area contributed by atoms with Crippen molar-refractivity contribution in [3.05, 3.63) is 0 Å². The summed E-state index contributed by atoms with van der Waals surface area (Å²) in [5.74, 6) is 0.738. The molecule has 0 aromatic rings. The largest absolute Gasteiger partial charge is 0.356 e. The van der Waals surface area contributed by atoms with Crippen LogP contribution in [-0.4, -0.2) is 77.1 Å². The molecule has 2 aliphatic heterocycles.